The molecular weight excluding hydrogens is 382 g/mol. The molecule has 142 valence electrons. The van der Waals surface area contributed by atoms with Gasteiger partial charge in [-0.05, 0) is 30.7 Å². The van der Waals surface area contributed by atoms with Crippen molar-refractivity contribution >= 4 is 33.9 Å². The smallest absolute Gasteiger partial charge is 0.210 e. The molecule has 3 aromatic rings. The Bertz CT molecular complexity index is 934. The maximum absolute atomic E-state index is 5.63. The molecular formula is C19H21N3O3S2. The zero-order valence-corrected chi connectivity index (χ0v) is 17.3. The highest BCUT2D eigenvalue weighted by Gasteiger charge is 2.09. The summed E-state index contributed by atoms with van der Waals surface area (Å²) in [6, 6.07) is 5.74. The molecule has 0 N–H and O–H groups in total. The summed E-state index contributed by atoms with van der Waals surface area (Å²) >= 11 is 3.19. The quantitative estimate of drug-likeness (QED) is 0.383. The summed E-state index contributed by atoms with van der Waals surface area (Å²) in [5.41, 5.74) is 1.83. The fraction of sp³-hybridized carbons (Fsp3) is 0.316. The molecule has 0 bridgehead atoms. The fourth-order valence-corrected chi connectivity index (χ4v) is 4.09. The van der Waals surface area contributed by atoms with E-state index in [1.807, 2.05) is 38.2 Å². The summed E-state index contributed by atoms with van der Waals surface area (Å²) in [6.07, 6.45) is 4.47. The van der Waals surface area contributed by atoms with Gasteiger partial charge in [0.25, 0.3) is 0 Å². The topological polar surface area (TPSA) is 69.7 Å². The Kier molecular flexibility index (Phi) is 6.52. The van der Waals surface area contributed by atoms with Gasteiger partial charge in [-0.1, -0.05) is 18.3 Å². The largest absolute Gasteiger partial charge is 0.493 e. The number of nitrogens with zero attached hydrogens (tertiary/aromatic N) is 3. The van der Waals surface area contributed by atoms with Gasteiger partial charge in [-0.25, -0.2) is 15.0 Å². The third-order valence-corrected chi connectivity index (χ3v) is 5.90. The molecule has 3 rings (SSSR count). The Morgan fingerprint density at radius 3 is 2.70 bits per heavy atom. The van der Waals surface area contributed by atoms with Crippen LogP contribution in [0.2, 0.25) is 0 Å². The van der Waals surface area contributed by atoms with Crippen LogP contribution in [0, 0.1) is 0 Å². The van der Waals surface area contributed by atoms with E-state index in [0.29, 0.717) is 22.4 Å². The van der Waals surface area contributed by atoms with Crippen LogP contribution in [0.25, 0.3) is 0 Å². The highest BCUT2D eigenvalue weighted by Crippen LogP contribution is 2.33. The monoisotopic (exact) mass is 403 g/mol. The predicted octanol–water partition coefficient (Wildman–Crippen LogP) is 5.14. The van der Waals surface area contributed by atoms with Crippen molar-refractivity contribution in [3.63, 3.8) is 0 Å². The number of aliphatic imine (C=N–C) groups is 1. The fourth-order valence-electron chi connectivity index (χ4n) is 2.35. The number of aryl methyl sites for hydroxylation is 1. The van der Waals surface area contributed by atoms with E-state index in [4.69, 9.17) is 13.9 Å². The van der Waals surface area contributed by atoms with Crippen molar-refractivity contribution in [1.29, 1.82) is 0 Å². The van der Waals surface area contributed by atoms with Crippen molar-refractivity contribution in [2.45, 2.75) is 30.2 Å². The molecule has 0 fully saturated rings. The van der Waals surface area contributed by atoms with Crippen LogP contribution in [0.5, 0.6) is 11.5 Å². The predicted molar refractivity (Wildman–Crippen MR) is 109 cm³/mol. The summed E-state index contributed by atoms with van der Waals surface area (Å²) in [5.74, 6) is 3.69. The molecule has 0 unspecified atom stereocenters. The van der Waals surface area contributed by atoms with E-state index >= 15 is 0 Å². The lowest BCUT2D eigenvalue weighted by Gasteiger charge is -2.09. The molecule has 1 aromatic carbocycles. The van der Waals surface area contributed by atoms with Crippen LogP contribution in [-0.4, -0.2) is 29.9 Å². The molecule has 0 atom stereocenters. The summed E-state index contributed by atoms with van der Waals surface area (Å²) in [6.45, 7) is 4.00. The standard InChI is InChI=1S/C19H21N3O3S2/c1-5-14-9-20-17(25-14)11-26-18-10-21-19(27-18)22-12(2)13-6-7-15(23-3)16(8-13)24-4/h6-10H,5,11H2,1-4H3. The molecule has 2 heterocycles. The third-order valence-electron chi connectivity index (χ3n) is 3.82. The summed E-state index contributed by atoms with van der Waals surface area (Å²) in [4.78, 5) is 13.3. The lowest BCUT2D eigenvalue weighted by Crippen LogP contribution is -1.97. The first-order valence-electron chi connectivity index (χ1n) is 8.42. The molecule has 0 aliphatic heterocycles. The van der Waals surface area contributed by atoms with E-state index in [2.05, 4.69) is 15.0 Å². The Morgan fingerprint density at radius 2 is 2.00 bits per heavy atom. The van der Waals surface area contributed by atoms with E-state index in [1.54, 1.807) is 43.5 Å². The number of ether oxygens (including phenoxy) is 2. The number of rotatable bonds is 8. The SMILES string of the molecule is CCc1cnc(CSc2cnc(N=C(C)c3ccc(OC)c(OC)c3)s2)o1. The van der Waals surface area contributed by atoms with Crippen LogP contribution >= 0.6 is 23.1 Å². The van der Waals surface area contributed by atoms with E-state index < -0.39 is 0 Å². The first-order valence-corrected chi connectivity index (χ1v) is 10.2. The van der Waals surface area contributed by atoms with Gasteiger partial charge in [-0.2, -0.15) is 0 Å². The molecule has 0 saturated heterocycles. The number of aromatic nitrogens is 2. The van der Waals surface area contributed by atoms with E-state index in [-0.39, 0.29) is 0 Å². The molecule has 2 aromatic heterocycles. The Morgan fingerprint density at radius 1 is 1.19 bits per heavy atom. The number of oxazole rings is 1. The molecule has 0 spiro atoms. The van der Waals surface area contributed by atoms with Gasteiger partial charge in [0.05, 0.1) is 36.6 Å². The van der Waals surface area contributed by atoms with Gasteiger partial charge in [0.15, 0.2) is 11.5 Å². The highest BCUT2D eigenvalue weighted by molar-refractivity contribution is 8.00. The van der Waals surface area contributed by atoms with Gasteiger partial charge in [0.1, 0.15) is 5.76 Å². The van der Waals surface area contributed by atoms with Crippen LogP contribution < -0.4 is 9.47 Å². The maximum atomic E-state index is 5.63. The second-order valence-electron chi connectivity index (χ2n) is 5.59. The molecule has 27 heavy (non-hydrogen) atoms. The zero-order chi connectivity index (χ0) is 19.2. The third kappa shape index (κ3) is 4.90. The zero-order valence-electron chi connectivity index (χ0n) is 15.7. The van der Waals surface area contributed by atoms with Crippen molar-refractivity contribution < 1.29 is 13.9 Å². The molecule has 0 amide bonds. The Hall–Kier alpha value is -2.32. The van der Waals surface area contributed by atoms with Crippen LogP contribution in [-0.2, 0) is 12.2 Å². The Labute approximate surface area is 166 Å². The van der Waals surface area contributed by atoms with Crippen LogP contribution in [0.4, 0.5) is 5.13 Å². The van der Waals surface area contributed by atoms with Gasteiger partial charge >= 0.3 is 0 Å². The van der Waals surface area contributed by atoms with Crippen molar-refractivity contribution in [3.8, 4) is 11.5 Å². The molecule has 0 aliphatic rings. The van der Waals surface area contributed by atoms with Crippen LogP contribution in [0.15, 0.2) is 44.2 Å². The second-order valence-corrected chi connectivity index (χ2v) is 7.88. The normalized spacial score (nSPS) is 11.6. The summed E-state index contributed by atoms with van der Waals surface area (Å²) in [7, 11) is 3.24. The minimum atomic E-state index is 0.678. The number of hydrogen-bond acceptors (Lipinski definition) is 8. The number of hydrogen-bond donors (Lipinski definition) is 0. The number of thiazole rings is 1. The molecule has 6 nitrogen and oxygen atoms in total. The summed E-state index contributed by atoms with van der Waals surface area (Å²) < 4.78 is 17.3. The van der Waals surface area contributed by atoms with Gasteiger partial charge in [-0.15, -0.1) is 11.8 Å². The van der Waals surface area contributed by atoms with E-state index in [0.717, 1.165) is 33.6 Å². The van der Waals surface area contributed by atoms with Crippen molar-refractivity contribution in [3.05, 3.63) is 47.8 Å². The van der Waals surface area contributed by atoms with Crippen molar-refractivity contribution in [1.82, 2.24) is 9.97 Å². The molecule has 0 radical (unpaired) electrons. The van der Waals surface area contributed by atoms with E-state index in [1.165, 1.54) is 0 Å². The second kappa shape index (κ2) is 9.05. The van der Waals surface area contributed by atoms with Crippen LogP contribution in [0.1, 0.15) is 31.1 Å². The average molecular weight is 404 g/mol. The Balaban J connectivity index is 1.68. The molecule has 0 saturated carbocycles. The van der Waals surface area contributed by atoms with Gasteiger partial charge in [0, 0.05) is 12.1 Å². The van der Waals surface area contributed by atoms with Crippen molar-refractivity contribution in [2.75, 3.05) is 14.2 Å². The highest BCUT2D eigenvalue weighted by atomic mass is 32.2. The molecule has 8 heteroatoms. The number of methoxy groups -OCH3 is 2. The van der Waals surface area contributed by atoms with Gasteiger partial charge in [-0.3, -0.25) is 0 Å². The van der Waals surface area contributed by atoms with Gasteiger partial charge < -0.3 is 13.9 Å². The lowest BCUT2D eigenvalue weighted by molar-refractivity contribution is 0.355. The minimum Gasteiger partial charge on any atom is -0.493 e. The average Bonchev–Trinajstić information content (AvgIpc) is 3.34. The first kappa shape index (κ1) is 19.4. The van der Waals surface area contributed by atoms with E-state index in [9.17, 15) is 0 Å². The van der Waals surface area contributed by atoms with Crippen LogP contribution in [0.3, 0.4) is 0 Å². The molecule has 0 aliphatic carbocycles. The minimum absolute atomic E-state index is 0.678. The lowest BCUT2D eigenvalue weighted by atomic mass is 10.1. The van der Waals surface area contributed by atoms with Crippen molar-refractivity contribution in [2.24, 2.45) is 4.99 Å². The van der Waals surface area contributed by atoms with Gasteiger partial charge in [0.2, 0.25) is 11.0 Å². The first-order chi connectivity index (χ1) is 13.1. The number of benzene rings is 1. The maximum Gasteiger partial charge on any atom is 0.210 e. The number of thioether (sulfide) groups is 1. The summed E-state index contributed by atoms with van der Waals surface area (Å²) in [5, 5.41) is 0.714.